The van der Waals surface area contributed by atoms with Gasteiger partial charge in [-0.25, -0.2) is 8.42 Å². The maximum Gasteiger partial charge on any atom is 0.264 e. The van der Waals surface area contributed by atoms with Crippen LogP contribution in [0.25, 0.3) is 0 Å². The molecule has 3 aromatic rings. The van der Waals surface area contributed by atoms with E-state index in [1.165, 1.54) is 17.0 Å². The lowest BCUT2D eigenvalue weighted by atomic mass is 10.1. The van der Waals surface area contributed by atoms with Crippen LogP contribution >= 0.6 is 34.8 Å². The maximum absolute atomic E-state index is 14.1. The van der Waals surface area contributed by atoms with Gasteiger partial charge in [-0.3, -0.25) is 13.9 Å². The van der Waals surface area contributed by atoms with Gasteiger partial charge in [0.25, 0.3) is 10.0 Å². The van der Waals surface area contributed by atoms with Crippen LogP contribution in [0.4, 0.5) is 5.69 Å². The minimum Gasteiger partial charge on any atom is -0.352 e. The molecule has 0 aliphatic carbocycles. The Kier molecular flexibility index (Phi) is 10.9. The number of nitrogens with one attached hydrogen (secondary N) is 1. The number of hydrogen-bond acceptors (Lipinski definition) is 4. The Balaban J connectivity index is 2.10. The van der Waals surface area contributed by atoms with E-state index in [0.717, 1.165) is 4.31 Å². The molecule has 0 aromatic heterocycles. The van der Waals surface area contributed by atoms with Crippen LogP contribution in [0.3, 0.4) is 0 Å². The number of amides is 2. The zero-order chi connectivity index (χ0) is 29.6. The summed E-state index contributed by atoms with van der Waals surface area (Å²) in [5.41, 5.74) is 1.18. The molecule has 0 bridgehead atoms. The van der Waals surface area contributed by atoms with Crippen LogP contribution in [0.5, 0.6) is 0 Å². The van der Waals surface area contributed by atoms with Gasteiger partial charge in [0.15, 0.2) is 0 Å². The highest BCUT2D eigenvalue weighted by Gasteiger charge is 2.34. The quantitative estimate of drug-likeness (QED) is 0.265. The van der Waals surface area contributed by atoms with Crippen molar-refractivity contribution in [3.8, 4) is 0 Å². The van der Waals surface area contributed by atoms with Crippen molar-refractivity contribution in [1.29, 1.82) is 0 Å². The van der Waals surface area contributed by atoms with E-state index in [0.29, 0.717) is 32.6 Å². The molecule has 2 unspecified atom stereocenters. The molecule has 2 atom stereocenters. The van der Waals surface area contributed by atoms with Gasteiger partial charge in [-0.15, -0.1) is 0 Å². The maximum atomic E-state index is 14.1. The standard InChI is InChI=1S/C29H32Cl3N3O4S/c1-5-19(2)33-29(37)21(4)34(17-23-25(31)14-9-15-26(23)32)28(36)18-35(27-16-10-13-24(30)20(27)3)40(38,39)22-11-7-6-8-12-22/h6-16,19,21H,5,17-18H2,1-4H3,(H,33,37). The van der Waals surface area contributed by atoms with E-state index in [4.69, 9.17) is 34.8 Å². The third-order valence-corrected chi connectivity index (χ3v) is 9.57. The van der Waals surface area contributed by atoms with Crippen molar-refractivity contribution in [2.24, 2.45) is 0 Å². The second-order valence-electron chi connectivity index (χ2n) is 9.42. The van der Waals surface area contributed by atoms with Gasteiger partial charge in [0.05, 0.1) is 10.6 Å². The average molecular weight is 625 g/mol. The third-order valence-electron chi connectivity index (χ3n) is 6.68. The number of halogens is 3. The molecule has 0 saturated carbocycles. The van der Waals surface area contributed by atoms with Crippen LogP contribution in [0.15, 0.2) is 71.6 Å². The number of hydrogen-bond donors (Lipinski definition) is 1. The van der Waals surface area contributed by atoms with E-state index in [-0.39, 0.29) is 29.1 Å². The number of nitrogens with zero attached hydrogens (tertiary/aromatic N) is 2. The average Bonchev–Trinajstić information content (AvgIpc) is 2.93. The van der Waals surface area contributed by atoms with Crippen LogP contribution in [-0.2, 0) is 26.2 Å². The predicted octanol–water partition coefficient (Wildman–Crippen LogP) is 6.48. The number of carbonyl (C=O) groups excluding carboxylic acids is 2. The minimum absolute atomic E-state index is 0.00503. The van der Waals surface area contributed by atoms with Crippen LogP contribution in [-0.4, -0.2) is 43.8 Å². The van der Waals surface area contributed by atoms with Crippen molar-refractivity contribution >= 4 is 62.3 Å². The molecule has 214 valence electrons. The lowest BCUT2D eigenvalue weighted by Crippen LogP contribution is -2.52. The summed E-state index contributed by atoms with van der Waals surface area (Å²) < 4.78 is 28.8. The molecule has 3 rings (SSSR count). The first-order chi connectivity index (χ1) is 18.9. The fourth-order valence-corrected chi connectivity index (χ4v) is 6.18. The van der Waals surface area contributed by atoms with Gasteiger partial charge in [-0.05, 0) is 69.2 Å². The summed E-state index contributed by atoms with van der Waals surface area (Å²) in [4.78, 5) is 28.5. The Morgan fingerprint density at radius 3 is 2.05 bits per heavy atom. The Labute approximate surface area is 251 Å². The van der Waals surface area contributed by atoms with Gasteiger partial charge >= 0.3 is 0 Å². The topological polar surface area (TPSA) is 86.8 Å². The molecule has 11 heteroatoms. The van der Waals surface area contributed by atoms with Crippen molar-refractivity contribution < 1.29 is 18.0 Å². The first-order valence-electron chi connectivity index (χ1n) is 12.7. The molecule has 40 heavy (non-hydrogen) atoms. The van der Waals surface area contributed by atoms with Crippen molar-refractivity contribution in [2.75, 3.05) is 10.8 Å². The molecule has 0 aliphatic rings. The van der Waals surface area contributed by atoms with Crippen LogP contribution in [0.1, 0.15) is 38.3 Å². The second-order valence-corrected chi connectivity index (χ2v) is 12.5. The lowest BCUT2D eigenvalue weighted by Gasteiger charge is -2.33. The highest BCUT2D eigenvalue weighted by atomic mass is 35.5. The second kappa shape index (κ2) is 13.7. The summed E-state index contributed by atoms with van der Waals surface area (Å²) in [6, 6.07) is 16.5. The Bertz CT molecular complexity index is 1450. The van der Waals surface area contributed by atoms with E-state index in [9.17, 15) is 18.0 Å². The molecule has 2 amide bonds. The Hall–Kier alpha value is -2.78. The van der Waals surface area contributed by atoms with Crippen molar-refractivity contribution in [1.82, 2.24) is 10.2 Å². The molecule has 0 aliphatic heterocycles. The van der Waals surface area contributed by atoms with Gasteiger partial charge in [0.1, 0.15) is 12.6 Å². The Morgan fingerprint density at radius 2 is 1.45 bits per heavy atom. The van der Waals surface area contributed by atoms with Crippen molar-refractivity contribution in [3.63, 3.8) is 0 Å². The van der Waals surface area contributed by atoms with E-state index in [1.54, 1.807) is 68.4 Å². The van der Waals surface area contributed by atoms with Crippen molar-refractivity contribution in [2.45, 2.75) is 57.6 Å². The fraction of sp³-hybridized carbons (Fsp3) is 0.310. The molecule has 0 saturated heterocycles. The largest absolute Gasteiger partial charge is 0.352 e. The SMILES string of the molecule is CCC(C)NC(=O)C(C)N(Cc1c(Cl)cccc1Cl)C(=O)CN(c1cccc(Cl)c1C)S(=O)(=O)c1ccccc1. The van der Waals surface area contributed by atoms with Gasteiger partial charge < -0.3 is 10.2 Å². The van der Waals surface area contributed by atoms with Crippen molar-refractivity contribution in [3.05, 3.63) is 92.9 Å². The molecule has 0 fully saturated rings. The summed E-state index contributed by atoms with van der Waals surface area (Å²) in [5, 5.41) is 3.87. The summed E-state index contributed by atoms with van der Waals surface area (Å²) in [5.74, 6) is -1.01. The zero-order valence-electron chi connectivity index (χ0n) is 22.7. The first kappa shape index (κ1) is 31.7. The monoisotopic (exact) mass is 623 g/mol. The molecule has 0 radical (unpaired) electrons. The molecule has 1 N–H and O–H groups in total. The van der Waals surface area contributed by atoms with Crippen LogP contribution < -0.4 is 9.62 Å². The van der Waals surface area contributed by atoms with E-state index < -0.39 is 28.5 Å². The van der Waals surface area contributed by atoms with E-state index in [2.05, 4.69) is 5.32 Å². The van der Waals surface area contributed by atoms with Crippen LogP contribution in [0, 0.1) is 6.92 Å². The third kappa shape index (κ3) is 7.29. The minimum atomic E-state index is -4.21. The summed E-state index contributed by atoms with van der Waals surface area (Å²) in [6.45, 7) is 6.35. The number of anilines is 1. The van der Waals surface area contributed by atoms with Gasteiger partial charge in [-0.1, -0.05) is 72.1 Å². The highest BCUT2D eigenvalue weighted by Crippen LogP contribution is 2.32. The molecule has 0 heterocycles. The number of benzene rings is 3. The molecule has 3 aromatic carbocycles. The molecule has 7 nitrogen and oxygen atoms in total. The predicted molar refractivity (Wildman–Crippen MR) is 162 cm³/mol. The summed E-state index contributed by atoms with van der Waals surface area (Å²) >= 11 is 19.2. The van der Waals surface area contributed by atoms with Gasteiger partial charge in [0, 0.05) is 33.2 Å². The lowest BCUT2D eigenvalue weighted by molar-refractivity contribution is -0.139. The fourth-order valence-electron chi connectivity index (χ4n) is 4.00. The number of carbonyl (C=O) groups is 2. The summed E-state index contributed by atoms with van der Waals surface area (Å²) in [7, 11) is -4.21. The van der Waals surface area contributed by atoms with Gasteiger partial charge in [0.2, 0.25) is 11.8 Å². The zero-order valence-corrected chi connectivity index (χ0v) is 25.8. The van der Waals surface area contributed by atoms with Gasteiger partial charge in [-0.2, -0.15) is 0 Å². The normalized spacial score (nSPS) is 12.9. The molecular formula is C29H32Cl3N3O4S. The highest BCUT2D eigenvalue weighted by molar-refractivity contribution is 7.92. The number of sulfonamides is 1. The molecular weight excluding hydrogens is 593 g/mol. The smallest absolute Gasteiger partial charge is 0.264 e. The molecule has 0 spiro atoms. The van der Waals surface area contributed by atoms with E-state index >= 15 is 0 Å². The Morgan fingerprint density at radius 1 is 0.875 bits per heavy atom. The first-order valence-corrected chi connectivity index (χ1v) is 15.3. The van der Waals surface area contributed by atoms with Crippen LogP contribution in [0.2, 0.25) is 15.1 Å². The van der Waals surface area contributed by atoms with E-state index in [1.807, 2.05) is 13.8 Å². The summed E-state index contributed by atoms with van der Waals surface area (Å²) in [6.07, 6.45) is 0.694. The number of rotatable bonds is 11.